The van der Waals surface area contributed by atoms with Crippen molar-refractivity contribution >= 4 is 0 Å². The zero-order chi connectivity index (χ0) is 10.1. The van der Waals surface area contributed by atoms with E-state index in [2.05, 4.69) is 28.4 Å². The SMILES string of the molecule is c1cc2c(c(-c3ccnnc3)c1)CCC2. The molecule has 0 bridgehead atoms. The number of hydrogen-bond donors (Lipinski definition) is 0. The van der Waals surface area contributed by atoms with E-state index in [1.807, 2.05) is 12.3 Å². The van der Waals surface area contributed by atoms with Crippen LogP contribution in [0.15, 0.2) is 36.7 Å². The molecule has 74 valence electrons. The van der Waals surface area contributed by atoms with Gasteiger partial charge in [-0.05, 0) is 42.0 Å². The van der Waals surface area contributed by atoms with Crippen molar-refractivity contribution in [3.8, 4) is 11.1 Å². The molecule has 0 atom stereocenters. The van der Waals surface area contributed by atoms with Gasteiger partial charge in [-0.1, -0.05) is 18.2 Å². The maximum Gasteiger partial charge on any atom is 0.0574 e. The smallest absolute Gasteiger partial charge is 0.0574 e. The number of hydrogen-bond acceptors (Lipinski definition) is 2. The molecule has 0 unspecified atom stereocenters. The van der Waals surface area contributed by atoms with Crippen molar-refractivity contribution in [2.24, 2.45) is 0 Å². The van der Waals surface area contributed by atoms with Gasteiger partial charge in [0.2, 0.25) is 0 Å². The van der Waals surface area contributed by atoms with Crippen LogP contribution in [0.3, 0.4) is 0 Å². The minimum absolute atomic E-state index is 1.18. The summed E-state index contributed by atoms with van der Waals surface area (Å²) in [7, 11) is 0. The van der Waals surface area contributed by atoms with Crippen LogP contribution in [0.4, 0.5) is 0 Å². The summed E-state index contributed by atoms with van der Waals surface area (Å²) in [5.41, 5.74) is 5.53. The van der Waals surface area contributed by atoms with E-state index in [4.69, 9.17) is 0 Å². The first kappa shape index (κ1) is 8.60. The zero-order valence-corrected chi connectivity index (χ0v) is 8.48. The first-order chi connectivity index (χ1) is 7.45. The van der Waals surface area contributed by atoms with Crippen molar-refractivity contribution in [3.63, 3.8) is 0 Å². The van der Waals surface area contributed by atoms with Crippen LogP contribution in [0.2, 0.25) is 0 Å². The Kier molecular flexibility index (Phi) is 1.98. The summed E-state index contributed by atoms with van der Waals surface area (Å²) in [5.74, 6) is 0. The molecular weight excluding hydrogens is 184 g/mol. The second kappa shape index (κ2) is 3.46. The highest BCUT2D eigenvalue weighted by Gasteiger charge is 2.14. The first-order valence-electron chi connectivity index (χ1n) is 5.33. The molecule has 1 aromatic heterocycles. The molecule has 1 aliphatic rings. The lowest BCUT2D eigenvalue weighted by Crippen LogP contribution is -1.89. The Morgan fingerprint density at radius 1 is 1.00 bits per heavy atom. The summed E-state index contributed by atoms with van der Waals surface area (Å²) in [6, 6.07) is 8.59. The van der Waals surface area contributed by atoms with Crippen LogP contribution in [0.5, 0.6) is 0 Å². The van der Waals surface area contributed by atoms with Gasteiger partial charge in [0.25, 0.3) is 0 Å². The Morgan fingerprint density at radius 2 is 2.00 bits per heavy atom. The second-order valence-electron chi connectivity index (χ2n) is 3.93. The van der Waals surface area contributed by atoms with E-state index in [1.54, 1.807) is 6.20 Å². The van der Waals surface area contributed by atoms with Crippen LogP contribution in [0.25, 0.3) is 11.1 Å². The largest absolute Gasteiger partial charge is 0.159 e. The highest BCUT2D eigenvalue weighted by molar-refractivity contribution is 5.68. The Balaban J connectivity index is 2.17. The van der Waals surface area contributed by atoms with Crippen molar-refractivity contribution in [3.05, 3.63) is 47.8 Å². The van der Waals surface area contributed by atoms with E-state index in [0.717, 1.165) is 0 Å². The topological polar surface area (TPSA) is 25.8 Å². The Labute approximate surface area is 89.0 Å². The maximum atomic E-state index is 3.94. The summed E-state index contributed by atoms with van der Waals surface area (Å²) in [4.78, 5) is 0. The van der Waals surface area contributed by atoms with E-state index < -0.39 is 0 Å². The second-order valence-corrected chi connectivity index (χ2v) is 3.93. The van der Waals surface area contributed by atoms with Gasteiger partial charge in [-0.3, -0.25) is 0 Å². The lowest BCUT2D eigenvalue weighted by molar-refractivity contribution is 0.912. The zero-order valence-electron chi connectivity index (χ0n) is 8.48. The highest BCUT2D eigenvalue weighted by Crippen LogP contribution is 2.31. The number of fused-ring (bicyclic) bond motifs is 1. The van der Waals surface area contributed by atoms with E-state index in [-0.39, 0.29) is 0 Å². The van der Waals surface area contributed by atoms with Crippen LogP contribution >= 0.6 is 0 Å². The number of rotatable bonds is 1. The van der Waals surface area contributed by atoms with Gasteiger partial charge in [0.15, 0.2) is 0 Å². The molecule has 2 heteroatoms. The summed E-state index contributed by atoms with van der Waals surface area (Å²) in [6.45, 7) is 0. The molecule has 1 heterocycles. The van der Waals surface area contributed by atoms with Gasteiger partial charge in [0.05, 0.1) is 12.4 Å². The predicted molar refractivity (Wildman–Crippen MR) is 59.5 cm³/mol. The fourth-order valence-electron chi connectivity index (χ4n) is 2.34. The van der Waals surface area contributed by atoms with Gasteiger partial charge in [0.1, 0.15) is 0 Å². The Bertz CT molecular complexity index is 477. The molecule has 1 aliphatic carbocycles. The van der Waals surface area contributed by atoms with Crippen LogP contribution in [-0.4, -0.2) is 10.2 Å². The lowest BCUT2D eigenvalue weighted by atomic mass is 9.99. The minimum Gasteiger partial charge on any atom is -0.159 e. The summed E-state index contributed by atoms with van der Waals surface area (Å²) in [5, 5.41) is 7.75. The highest BCUT2D eigenvalue weighted by atomic mass is 15.1. The molecular formula is C13H12N2. The molecule has 1 aromatic carbocycles. The van der Waals surface area contributed by atoms with Crippen molar-refractivity contribution in [1.82, 2.24) is 10.2 Å². The molecule has 0 radical (unpaired) electrons. The third-order valence-electron chi connectivity index (χ3n) is 3.04. The molecule has 0 spiro atoms. The van der Waals surface area contributed by atoms with E-state index >= 15 is 0 Å². The first-order valence-corrected chi connectivity index (χ1v) is 5.33. The number of benzene rings is 1. The van der Waals surface area contributed by atoms with Gasteiger partial charge in [-0.25, -0.2) is 0 Å². The van der Waals surface area contributed by atoms with E-state index in [1.165, 1.54) is 41.5 Å². The average Bonchev–Trinajstić information content (AvgIpc) is 2.78. The fraction of sp³-hybridized carbons (Fsp3) is 0.231. The molecule has 15 heavy (non-hydrogen) atoms. The summed E-state index contributed by atoms with van der Waals surface area (Å²) in [6.07, 6.45) is 7.30. The van der Waals surface area contributed by atoms with Crippen LogP contribution < -0.4 is 0 Å². The quantitative estimate of drug-likeness (QED) is 0.700. The summed E-state index contributed by atoms with van der Waals surface area (Å²) >= 11 is 0. The Morgan fingerprint density at radius 3 is 2.87 bits per heavy atom. The molecule has 0 saturated heterocycles. The number of aromatic nitrogens is 2. The molecule has 3 rings (SSSR count). The van der Waals surface area contributed by atoms with Gasteiger partial charge in [-0.2, -0.15) is 10.2 Å². The number of aryl methyl sites for hydroxylation is 1. The van der Waals surface area contributed by atoms with Crippen molar-refractivity contribution < 1.29 is 0 Å². The lowest BCUT2D eigenvalue weighted by Gasteiger charge is -2.07. The van der Waals surface area contributed by atoms with Crippen molar-refractivity contribution in [2.45, 2.75) is 19.3 Å². The van der Waals surface area contributed by atoms with E-state index in [9.17, 15) is 0 Å². The van der Waals surface area contributed by atoms with Crippen LogP contribution in [-0.2, 0) is 12.8 Å². The third kappa shape index (κ3) is 1.42. The molecule has 0 fully saturated rings. The van der Waals surface area contributed by atoms with Gasteiger partial charge < -0.3 is 0 Å². The molecule has 2 nitrogen and oxygen atoms in total. The van der Waals surface area contributed by atoms with Gasteiger partial charge in [-0.15, -0.1) is 0 Å². The normalized spacial score (nSPS) is 13.9. The van der Waals surface area contributed by atoms with Crippen molar-refractivity contribution in [2.75, 3.05) is 0 Å². The molecule has 0 aliphatic heterocycles. The third-order valence-corrected chi connectivity index (χ3v) is 3.04. The average molecular weight is 196 g/mol. The van der Waals surface area contributed by atoms with Crippen molar-refractivity contribution in [1.29, 1.82) is 0 Å². The van der Waals surface area contributed by atoms with Crippen LogP contribution in [0, 0.1) is 0 Å². The molecule has 0 saturated carbocycles. The number of nitrogens with zero attached hydrogens (tertiary/aromatic N) is 2. The summed E-state index contributed by atoms with van der Waals surface area (Å²) < 4.78 is 0. The fourth-order valence-corrected chi connectivity index (χ4v) is 2.34. The Hall–Kier alpha value is -1.70. The standard InChI is InChI=1S/C13H12N2/c1-3-10-4-2-6-13(12(10)5-1)11-7-8-14-15-9-11/h2,4,6-9H,1,3,5H2. The van der Waals surface area contributed by atoms with Gasteiger partial charge >= 0.3 is 0 Å². The monoisotopic (exact) mass is 196 g/mol. The van der Waals surface area contributed by atoms with Gasteiger partial charge in [0, 0.05) is 5.56 Å². The minimum atomic E-state index is 1.18. The van der Waals surface area contributed by atoms with E-state index in [0.29, 0.717) is 0 Å². The maximum absolute atomic E-state index is 3.94. The molecule has 2 aromatic rings. The van der Waals surface area contributed by atoms with Crippen LogP contribution in [0.1, 0.15) is 17.5 Å². The molecule has 0 amide bonds. The molecule has 0 N–H and O–H groups in total. The predicted octanol–water partition coefficient (Wildman–Crippen LogP) is 2.63.